The molecule has 0 radical (unpaired) electrons. The molecule has 1 aromatic rings. The Kier molecular flexibility index (Phi) is 4.22. The van der Waals surface area contributed by atoms with Crippen LogP contribution in [-0.2, 0) is 11.3 Å². The lowest BCUT2D eigenvalue weighted by molar-refractivity contribution is -0.124. The van der Waals surface area contributed by atoms with E-state index in [4.69, 9.17) is 14.2 Å². The number of amides is 1. The standard InChI is InChI=1S/C18H24N2O4/c1-22-15-8-17-16(23-5-6-24-17)7-13(15)10-20-9-12-3-2-4-14(11-20)19-18(12)21/h7-8,12,14H,2-6,9-11H2,1H3,(H,19,21)/t12-,14+/m0/s1. The normalized spacial score (nSPS) is 26.5. The summed E-state index contributed by atoms with van der Waals surface area (Å²) in [5.74, 6) is 2.65. The summed E-state index contributed by atoms with van der Waals surface area (Å²) in [5.41, 5.74) is 1.08. The van der Waals surface area contributed by atoms with Crippen molar-refractivity contribution >= 4 is 5.91 Å². The molecule has 0 spiro atoms. The summed E-state index contributed by atoms with van der Waals surface area (Å²) in [6, 6.07) is 4.18. The molecule has 1 N–H and O–H groups in total. The molecule has 2 saturated heterocycles. The van der Waals surface area contributed by atoms with Crippen molar-refractivity contribution in [1.82, 2.24) is 10.2 Å². The zero-order valence-corrected chi connectivity index (χ0v) is 14.0. The first-order chi connectivity index (χ1) is 11.7. The fraction of sp³-hybridized carbons (Fsp3) is 0.611. The fourth-order valence-corrected chi connectivity index (χ4v) is 3.94. The topological polar surface area (TPSA) is 60.0 Å². The molecule has 4 rings (SSSR count). The Morgan fingerprint density at radius 2 is 2.00 bits per heavy atom. The first-order valence-corrected chi connectivity index (χ1v) is 8.72. The van der Waals surface area contributed by atoms with E-state index in [2.05, 4.69) is 10.2 Å². The van der Waals surface area contributed by atoms with Crippen LogP contribution < -0.4 is 19.5 Å². The van der Waals surface area contributed by atoms with Crippen molar-refractivity contribution in [1.29, 1.82) is 0 Å². The van der Waals surface area contributed by atoms with Crippen molar-refractivity contribution < 1.29 is 19.0 Å². The molecular formula is C18H24N2O4. The molecule has 1 aromatic carbocycles. The smallest absolute Gasteiger partial charge is 0.224 e. The minimum Gasteiger partial charge on any atom is -0.496 e. The zero-order chi connectivity index (χ0) is 16.5. The van der Waals surface area contributed by atoms with Crippen molar-refractivity contribution in [3.8, 4) is 17.2 Å². The number of hydrogen-bond donors (Lipinski definition) is 1. The van der Waals surface area contributed by atoms with E-state index in [0.29, 0.717) is 13.2 Å². The molecule has 3 aliphatic rings. The average Bonchev–Trinajstić information content (AvgIpc) is 2.83. The van der Waals surface area contributed by atoms with Gasteiger partial charge < -0.3 is 19.5 Å². The van der Waals surface area contributed by atoms with E-state index in [0.717, 1.165) is 61.7 Å². The minimum atomic E-state index is 0.0979. The highest BCUT2D eigenvalue weighted by atomic mass is 16.6. The summed E-state index contributed by atoms with van der Waals surface area (Å²) in [7, 11) is 1.68. The number of ether oxygens (including phenoxy) is 3. The molecule has 6 heteroatoms. The molecule has 1 amide bonds. The second-order valence-corrected chi connectivity index (χ2v) is 6.84. The summed E-state index contributed by atoms with van der Waals surface area (Å²) in [4.78, 5) is 14.6. The van der Waals surface area contributed by atoms with E-state index < -0.39 is 0 Å². The Hall–Kier alpha value is -1.95. The van der Waals surface area contributed by atoms with Crippen LogP contribution in [0.3, 0.4) is 0 Å². The number of fused-ring (bicyclic) bond motifs is 4. The molecule has 3 heterocycles. The Labute approximate surface area is 142 Å². The second kappa shape index (κ2) is 6.51. The van der Waals surface area contributed by atoms with Gasteiger partial charge in [-0.3, -0.25) is 9.69 Å². The predicted molar refractivity (Wildman–Crippen MR) is 88.5 cm³/mol. The molecule has 2 atom stereocenters. The maximum absolute atomic E-state index is 12.2. The molecule has 6 nitrogen and oxygen atoms in total. The van der Waals surface area contributed by atoms with Gasteiger partial charge in [-0.15, -0.1) is 0 Å². The monoisotopic (exact) mass is 332 g/mol. The van der Waals surface area contributed by atoms with Gasteiger partial charge in [-0.05, 0) is 18.9 Å². The van der Waals surface area contributed by atoms with Crippen LogP contribution in [0.2, 0.25) is 0 Å². The van der Waals surface area contributed by atoms with Gasteiger partial charge in [-0.25, -0.2) is 0 Å². The lowest BCUT2D eigenvalue weighted by Crippen LogP contribution is -2.38. The number of rotatable bonds is 3. The largest absolute Gasteiger partial charge is 0.496 e. The Balaban J connectivity index is 1.57. The highest BCUT2D eigenvalue weighted by molar-refractivity contribution is 5.79. The molecule has 3 aliphatic heterocycles. The molecule has 24 heavy (non-hydrogen) atoms. The van der Waals surface area contributed by atoms with Gasteiger partial charge in [0.25, 0.3) is 0 Å². The van der Waals surface area contributed by atoms with E-state index in [-0.39, 0.29) is 17.9 Å². The number of benzene rings is 1. The Bertz CT molecular complexity index is 634. The highest BCUT2D eigenvalue weighted by Gasteiger charge is 2.32. The van der Waals surface area contributed by atoms with Crippen molar-refractivity contribution in [3.05, 3.63) is 17.7 Å². The van der Waals surface area contributed by atoms with Crippen molar-refractivity contribution in [2.45, 2.75) is 31.8 Å². The SMILES string of the molecule is COc1cc2c(cc1CN1C[C@H]3CCC[C@@H](C1)C(=O)N3)OCCO2. The lowest BCUT2D eigenvalue weighted by atomic mass is 9.99. The first-order valence-electron chi connectivity index (χ1n) is 8.72. The molecule has 130 valence electrons. The van der Waals surface area contributed by atoms with Gasteiger partial charge in [0.1, 0.15) is 19.0 Å². The summed E-state index contributed by atoms with van der Waals surface area (Å²) >= 11 is 0. The Morgan fingerprint density at radius 3 is 2.79 bits per heavy atom. The maximum Gasteiger partial charge on any atom is 0.224 e. The van der Waals surface area contributed by atoms with Crippen LogP contribution in [0, 0.1) is 5.92 Å². The molecule has 0 aliphatic carbocycles. The number of nitrogens with one attached hydrogen (secondary N) is 1. The number of nitrogens with zero attached hydrogens (tertiary/aromatic N) is 1. The van der Waals surface area contributed by atoms with Crippen LogP contribution in [0.5, 0.6) is 17.2 Å². The fourth-order valence-electron chi connectivity index (χ4n) is 3.94. The van der Waals surface area contributed by atoms with Crippen LogP contribution >= 0.6 is 0 Å². The second-order valence-electron chi connectivity index (χ2n) is 6.84. The third-order valence-electron chi connectivity index (χ3n) is 5.12. The summed E-state index contributed by atoms with van der Waals surface area (Å²) in [6.45, 7) is 3.59. The van der Waals surface area contributed by atoms with Crippen molar-refractivity contribution in [3.63, 3.8) is 0 Å². The summed E-state index contributed by atoms with van der Waals surface area (Å²) in [5, 5.41) is 3.18. The van der Waals surface area contributed by atoms with Crippen molar-refractivity contribution in [2.24, 2.45) is 5.92 Å². The van der Waals surface area contributed by atoms with Gasteiger partial charge in [0, 0.05) is 37.3 Å². The van der Waals surface area contributed by atoms with Crippen LogP contribution in [0.4, 0.5) is 0 Å². The van der Waals surface area contributed by atoms with Gasteiger partial charge in [0.2, 0.25) is 5.91 Å². The molecule has 0 saturated carbocycles. The number of carbonyl (C=O) groups is 1. The van der Waals surface area contributed by atoms with Crippen LogP contribution in [0.25, 0.3) is 0 Å². The number of likely N-dealkylation sites (tertiary alicyclic amines) is 1. The minimum absolute atomic E-state index is 0.0979. The van der Waals surface area contributed by atoms with Gasteiger partial charge in [0.05, 0.1) is 13.0 Å². The first kappa shape index (κ1) is 15.6. The van der Waals surface area contributed by atoms with E-state index in [1.807, 2.05) is 12.1 Å². The molecule has 2 fully saturated rings. The van der Waals surface area contributed by atoms with E-state index >= 15 is 0 Å². The number of methoxy groups -OCH3 is 1. The van der Waals surface area contributed by atoms with Gasteiger partial charge in [-0.2, -0.15) is 0 Å². The molecule has 0 aromatic heterocycles. The molecule has 0 unspecified atom stereocenters. The quantitative estimate of drug-likeness (QED) is 0.910. The van der Waals surface area contributed by atoms with Gasteiger partial charge in [0.15, 0.2) is 11.5 Å². The highest BCUT2D eigenvalue weighted by Crippen LogP contribution is 2.37. The number of carbonyl (C=O) groups excluding carboxylic acids is 1. The van der Waals surface area contributed by atoms with E-state index in [1.165, 1.54) is 0 Å². The van der Waals surface area contributed by atoms with E-state index in [9.17, 15) is 4.79 Å². The number of hydrogen-bond acceptors (Lipinski definition) is 5. The predicted octanol–water partition coefficient (Wildman–Crippen LogP) is 1.57. The average molecular weight is 332 g/mol. The third kappa shape index (κ3) is 3.02. The summed E-state index contributed by atoms with van der Waals surface area (Å²) in [6.07, 6.45) is 3.18. The van der Waals surface area contributed by atoms with Gasteiger partial charge >= 0.3 is 0 Å². The zero-order valence-electron chi connectivity index (χ0n) is 14.0. The van der Waals surface area contributed by atoms with E-state index in [1.54, 1.807) is 7.11 Å². The van der Waals surface area contributed by atoms with Crippen LogP contribution in [-0.4, -0.2) is 50.3 Å². The van der Waals surface area contributed by atoms with Crippen LogP contribution in [0.15, 0.2) is 12.1 Å². The lowest BCUT2D eigenvalue weighted by Gasteiger charge is -2.28. The molecule has 2 bridgehead atoms. The third-order valence-corrected chi connectivity index (χ3v) is 5.12. The van der Waals surface area contributed by atoms with Crippen molar-refractivity contribution in [2.75, 3.05) is 33.4 Å². The maximum atomic E-state index is 12.2. The van der Waals surface area contributed by atoms with Crippen LogP contribution in [0.1, 0.15) is 24.8 Å². The van der Waals surface area contributed by atoms with Gasteiger partial charge in [-0.1, -0.05) is 6.42 Å². The summed E-state index contributed by atoms with van der Waals surface area (Å²) < 4.78 is 16.9. The molecular weight excluding hydrogens is 308 g/mol. The Morgan fingerprint density at radius 1 is 1.21 bits per heavy atom.